The zero-order valence-corrected chi connectivity index (χ0v) is 7.05. The normalized spacial score (nSPS) is 11.2. The largest absolute Gasteiger partial charge is 0.282 e. The van der Waals surface area contributed by atoms with Gasteiger partial charge in [0.25, 0.3) is 0 Å². The minimum atomic E-state index is 0.940. The molecule has 2 aromatic rings. The molecular weight excluding hydrogens is 168 g/mol. The minimum Gasteiger partial charge on any atom is -0.282 e. The maximum Gasteiger partial charge on any atom is 0.139 e. The van der Waals surface area contributed by atoms with Gasteiger partial charge < -0.3 is 0 Å². The molecule has 0 bridgehead atoms. The first kappa shape index (κ1) is 7.66. The lowest BCUT2D eigenvalue weighted by atomic mass is 10.3. The Morgan fingerprint density at radius 1 is 1.62 bits per heavy atom. The van der Waals surface area contributed by atoms with E-state index >= 15 is 0 Å². The van der Waals surface area contributed by atoms with Crippen molar-refractivity contribution in [3.05, 3.63) is 30.1 Å². The first-order valence-corrected chi connectivity index (χ1v) is 3.75. The fraction of sp³-hybridized carbons (Fsp3) is 0.143. The second kappa shape index (κ2) is 3.18. The van der Waals surface area contributed by atoms with Crippen LogP contribution >= 0.6 is 0 Å². The van der Waals surface area contributed by atoms with Crippen LogP contribution in [0.4, 0.5) is 0 Å². The smallest absolute Gasteiger partial charge is 0.139 e. The molecule has 0 atom stereocenters. The van der Waals surface area contributed by atoms with Gasteiger partial charge >= 0.3 is 0 Å². The van der Waals surface area contributed by atoms with Gasteiger partial charge in [-0.3, -0.25) is 5.10 Å². The number of rotatable bonds is 2. The zero-order chi connectivity index (χ0) is 9.10. The number of nitrogens with zero attached hydrogens (tertiary/aromatic N) is 5. The minimum absolute atomic E-state index is 0.940. The summed E-state index contributed by atoms with van der Waals surface area (Å²) in [6.45, 7) is 1.93. The molecule has 13 heavy (non-hydrogen) atoms. The van der Waals surface area contributed by atoms with Gasteiger partial charge in [-0.1, -0.05) is 0 Å². The molecule has 0 amide bonds. The van der Waals surface area contributed by atoms with Gasteiger partial charge in [0.2, 0.25) is 0 Å². The molecule has 1 N–H and O–H groups in total. The van der Waals surface area contributed by atoms with Crippen LogP contribution in [0.2, 0.25) is 0 Å². The van der Waals surface area contributed by atoms with E-state index in [-0.39, 0.29) is 0 Å². The highest BCUT2D eigenvalue weighted by molar-refractivity contribution is 5.80. The van der Waals surface area contributed by atoms with Crippen LogP contribution in [-0.4, -0.2) is 31.3 Å². The van der Waals surface area contributed by atoms with Crippen molar-refractivity contribution >= 4 is 6.21 Å². The van der Waals surface area contributed by atoms with Crippen molar-refractivity contribution in [2.75, 3.05) is 0 Å². The summed E-state index contributed by atoms with van der Waals surface area (Å²) in [7, 11) is 0. The molecule has 0 saturated carbocycles. The van der Waals surface area contributed by atoms with Crippen LogP contribution in [0.15, 0.2) is 24.0 Å². The van der Waals surface area contributed by atoms with Crippen LogP contribution in [0.3, 0.4) is 0 Å². The van der Waals surface area contributed by atoms with Crippen LogP contribution in [0, 0.1) is 6.92 Å². The Morgan fingerprint density at radius 2 is 2.54 bits per heavy atom. The Bertz CT molecular complexity index is 398. The van der Waals surface area contributed by atoms with Crippen molar-refractivity contribution in [1.82, 2.24) is 25.1 Å². The second-order valence-electron chi connectivity index (χ2n) is 2.51. The predicted molar refractivity (Wildman–Crippen MR) is 46.3 cm³/mol. The SMILES string of the molecule is Cc1[nH]ncc1/C=N/n1cncn1. The van der Waals surface area contributed by atoms with Crippen molar-refractivity contribution in [2.24, 2.45) is 5.10 Å². The summed E-state index contributed by atoms with van der Waals surface area (Å²) in [6, 6.07) is 0. The van der Waals surface area contributed by atoms with Crippen molar-refractivity contribution in [3.63, 3.8) is 0 Å². The molecule has 2 rings (SSSR count). The molecule has 2 aromatic heterocycles. The summed E-state index contributed by atoms with van der Waals surface area (Å²) in [6.07, 6.45) is 6.33. The standard InChI is InChI=1S/C7H8N6/c1-6-7(2-9-12-6)3-10-13-5-8-4-11-13/h2-5H,1H3,(H,9,12)/b10-3+. The molecule has 0 radical (unpaired) electrons. The Morgan fingerprint density at radius 3 is 3.15 bits per heavy atom. The lowest BCUT2D eigenvalue weighted by molar-refractivity contribution is 0.743. The summed E-state index contributed by atoms with van der Waals surface area (Å²) in [5.41, 5.74) is 1.92. The van der Waals surface area contributed by atoms with Gasteiger partial charge in [-0.2, -0.15) is 10.2 Å². The van der Waals surface area contributed by atoms with E-state index in [1.54, 1.807) is 12.4 Å². The van der Waals surface area contributed by atoms with E-state index in [0.29, 0.717) is 0 Å². The molecule has 0 aliphatic heterocycles. The number of hydrogen-bond donors (Lipinski definition) is 1. The first-order valence-electron chi connectivity index (χ1n) is 3.75. The van der Waals surface area contributed by atoms with Crippen LogP contribution in [-0.2, 0) is 0 Å². The van der Waals surface area contributed by atoms with Crippen LogP contribution in [0.25, 0.3) is 0 Å². The predicted octanol–water partition coefficient (Wildman–Crippen LogP) is 0.192. The number of H-pyrrole nitrogens is 1. The summed E-state index contributed by atoms with van der Waals surface area (Å²) in [5.74, 6) is 0. The lowest BCUT2D eigenvalue weighted by Gasteiger charge is -1.88. The van der Waals surface area contributed by atoms with E-state index in [0.717, 1.165) is 11.3 Å². The Kier molecular flexibility index (Phi) is 1.87. The van der Waals surface area contributed by atoms with Crippen LogP contribution in [0.5, 0.6) is 0 Å². The van der Waals surface area contributed by atoms with Gasteiger partial charge in [-0.05, 0) is 6.92 Å². The molecule has 2 heterocycles. The summed E-state index contributed by atoms with van der Waals surface area (Å²) >= 11 is 0. The topological polar surface area (TPSA) is 71.8 Å². The monoisotopic (exact) mass is 176 g/mol. The van der Waals surface area contributed by atoms with E-state index in [1.165, 1.54) is 17.4 Å². The highest BCUT2D eigenvalue weighted by Gasteiger charge is 1.94. The highest BCUT2D eigenvalue weighted by atomic mass is 15.5. The number of aromatic nitrogens is 5. The van der Waals surface area contributed by atoms with Crippen molar-refractivity contribution < 1.29 is 0 Å². The van der Waals surface area contributed by atoms with Crippen molar-refractivity contribution in [2.45, 2.75) is 6.92 Å². The summed E-state index contributed by atoms with van der Waals surface area (Å²) in [5, 5.41) is 14.5. The molecule has 0 unspecified atom stereocenters. The van der Waals surface area contributed by atoms with Gasteiger partial charge in [0.15, 0.2) is 0 Å². The van der Waals surface area contributed by atoms with Crippen molar-refractivity contribution in [3.8, 4) is 0 Å². The first-order chi connectivity index (χ1) is 6.36. The number of hydrogen-bond acceptors (Lipinski definition) is 4. The molecular formula is C7H8N6. The average molecular weight is 176 g/mol. The Labute approximate surface area is 74.3 Å². The third-order valence-electron chi connectivity index (χ3n) is 1.59. The Hall–Kier alpha value is -1.98. The second-order valence-corrected chi connectivity index (χ2v) is 2.51. The maximum absolute atomic E-state index is 4.03. The summed E-state index contributed by atoms with van der Waals surface area (Å²) < 4.78 is 0. The molecule has 0 saturated heterocycles. The highest BCUT2D eigenvalue weighted by Crippen LogP contribution is 1.97. The van der Waals surface area contributed by atoms with Gasteiger partial charge in [-0.15, -0.1) is 9.89 Å². The van der Waals surface area contributed by atoms with E-state index in [1.807, 2.05) is 6.92 Å². The molecule has 0 spiro atoms. The van der Waals surface area contributed by atoms with Gasteiger partial charge in [-0.25, -0.2) is 4.98 Å². The molecule has 0 aromatic carbocycles. The quantitative estimate of drug-likeness (QED) is 0.664. The third kappa shape index (κ3) is 1.61. The van der Waals surface area contributed by atoms with Gasteiger partial charge in [0.05, 0.1) is 12.4 Å². The molecule has 0 aliphatic carbocycles. The van der Waals surface area contributed by atoms with Gasteiger partial charge in [0, 0.05) is 11.3 Å². The van der Waals surface area contributed by atoms with Crippen LogP contribution < -0.4 is 0 Å². The van der Waals surface area contributed by atoms with E-state index in [2.05, 4.69) is 25.4 Å². The number of aryl methyl sites for hydroxylation is 1. The molecule has 0 aliphatic rings. The van der Waals surface area contributed by atoms with E-state index in [9.17, 15) is 0 Å². The third-order valence-corrected chi connectivity index (χ3v) is 1.59. The average Bonchev–Trinajstić information content (AvgIpc) is 2.72. The molecule has 6 heteroatoms. The Balaban J connectivity index is 2.19. The number of nitrogens with one attached hydrogen (secondary N) is 1. The van der Waals surface area contributed by atoms with E-state index < -0.39 is 0 Å². The lowest BCUT2D eigenvalue weighted by Crippen LogP contribution is -1.90. The maximum atomic E-state index is 4.03. The zero-order valence-electron chi connectivity index (χ0n) is 7.05. The van der Waals surface area contributed by atoms with E-state index in [4.69, 9.17) is 0 Å². The fourth-order valence-electron chi connectivity index (χ4n) is 0.873. The fourth-order valence-corrected chi connectivity index (χ4v) is 0.873. The van der Waals surface area contributed by atoms with Crippen molar-refractivity contribution in [1.29, 1.82) is 0 Å². The van der Waals surface area contributed by atoms with Gasteiger partial charge in [0.1, 0.15) is 12.7 Å². The molecule has 6 nitrogen and oxygen atoms in total. The summed E-state index contributed by atoms with van der Waals surface area (Å²) in [4.78, 5) is 5.14. The van der Waals surface area contributed by atoms with Crippen LogP contribution in [0.1, 0.15) is 11.3 Å². The molecule has 66 valence electrons. The molecule has 0 fully saturated rings. The number of aromatic amines is 1.